The lowest BCUT2D eigenvalue weighted by Gasteiger charge is -2.19. The van der Waals surface area contributed by atoms with Gasteiger partial charge < -0.3 is 0 Å². The third-order valence-corrected chi connectivity index (χ3v) is 5.82. The molecular formula is C15H15ClN2O2S. The predicted molar refractivity (Wildman–Crippen MR) is 81.9 cm³/mol. The Kier molecular flexibility index (Phi) is 3.97. The van der Waals surface area contributed by atoms with E-state index in [0.717, 1.165) is 12.8 Å². The molecule has 1 aromatic carbocycles. The van der Waals surface area contributed by atoms with Crippen LogP contribution in [0.3, 0.4) is 0 Å². The van der Waals surface area contributed by atoms with E-state index in [0.29, 0.717) is 13.1 Å². The summed E-state index contributed by atoms with van der Waals surface area (Å²) in [5.74, 6) is 0. The first-order valence-corrected chi connectivity index (χ1v) is 8.58. The van der Waals surface area contributed by atoms with Crippen molar-refractivity contribution in [2.24, 2.45) is 0 Å². The molecule has 3 rings (SSSR count). The lowest BCUT2D eigenvalue weighted by Crippen LogP contribution is -2.33. The number of sulfonamides is 1. The predicted octanol–water partition coefficient (Wildman–Crippen LogP) is 2.52. The smallest absolute Gasteiger partial charge is 0.243 e. The van der Waals surface area contributed by atoms with Crippen LogP contribution in [0.25, 0.3) is 0 Å². The van der Waals surface area contributed by atoms with E-state index in [1.807, 2.05) is 12.1 Å². The zero-order valence-electron chi connectivity index (χ0n) is 11.4. The van der Waals surface area contributed by atoms with Crippen molar-refractivity contribution in [3.05, 3.63) is 58.9 Å². The van der Waals surface area contributed by atoms with Gasteiger partial charge in [0.15, 0.2) is 0 Å². The fraction of sp³-hybridized carbons (Fsp3) is 0.267. The molecule has 0 saturated carbocycles. The Morgan fingerprint density at radius 3 is 2.24 bits per heavy atom. The summed E-state index contributed by atoms with van der Waals surface area (Å²) >= 11 is 5.80. The zero-order chi connectivity index (χ0) is 14.9. The summed E-state index contributed by atoms with van der Waals surface area (Å²) in [5, 5.41) is 0.189. The van der Waals surface area contributed by atoms with Crippen molar-refractivity contribution >= 4 is 21.6 Å². The molecule has 1 aliphatic rings. The van der Waals surface area contributed by atoms with Crippen LogP contribution < -0.4 is 0 Å². The van der Waals surface area contributed by atoms with Gasteiger partial charge in [-0.05, 0) is 36.1 Å². The molecule has 0 atom stereocenters. The van der Waals surface area contributed by atoms with Crippen LogP contribution >= 0.6 is 11.6 Å². The van der Waals surface area contributed by atoms with Crippen LogP contribution in [0.1, 0.15) is 11.1 Å². The Bertz CT molecular complexity index is 735. The highest BCUT2D eigenvalue weighted by atomic mass is 35.5. The first kappa shape index (κ1) is 14.5. The highest BCUT2D eigenvalue weighted by Gasteiger charge is 2.26. The molecule has 0 fully saturated rings. The number of pyridine rings is 1. The van der Waals surface area contributed by atoms with Gasteiger partial charge >= 0.3 is 0 Å². The third-order valence-electron chi connectivity index (χ3n) is 3.72. The molecule has 110 valence electrons. The summed E-state index contributed by atoms with van der Waals surface area (Å²) in [7, 11) is -3.52. The maximum atomic E-state index is 12.7. The van der Waals surface area contributed by atoms with Crippen LogP contribution in [0, 0.1) is 0 Å². The quantitative estimate of drug-likeness (QED) is 0.798. The minimum atomic E-state index is -3.52. The number of halogens is 1. The van der Waals surface area contributed by atoms with Crippen molar-refractivity contribution in [2.45, 2.75) is 17.7 Å². The van der Waals surface area contributed by atoms with E-state index < -0.39 is 10.0 Å². The second kappa shape index (κ2) is 5.75. The maximum absolute atomic E-state index is 12.7. The first-order chi connectivity index (χ1) is 10.1. The maximum Gasteiger partial charge on any atom is 0.243 e. The zero-order valence-corrected chi connectivity index (χ0v) is 12.9. The minimum Gasteiger partial charge on any atom is -0.244 e. The number of hydrogen-bond acceptors (Lipinski definition) is 3. The van der Waals surface area contributed by atoms with Crippen molar-refractivity contribution in [1.29, 1.82) is 0 Å². The topological polar surface area (TPSA) is 50.3 Å². The first-order valence-electron chi connectivity index (χ1n) is 6.76. The highest BCUT2D eigenvalue weighted by Crippen LogP contribution is 2.22. The summed E-state index contributed by atoms with van der Waals surface area (Å²) in [6.45, 7) is 0.971. The van der Waals surface area contributed by atoms with E-state index in [1.165, 1.54) is 33.8 Å². The molecule has 0 aliphatic carbocycles. The normalized spacial score (nSPS) is 16.2. The van der Waals surface area contributed by atoms with Crippen molar-refractivity contribution < 1.29 is 8.42 Å². The molecule has 0 radical (unpaired) electrons. The molecule has 0 saturated heterocycles. The van der Waals surface area contributed by atoms with E-state index in [1.54, 1.807) is 0 Å². The van der Waals surface area contributed by atoms with Crippen molar-refractivity contribution in [1.82, 2.24) is 9.29 Å². The molecular weight excluding hydrogens is 308 g/mol. The molecule has 0 N–H and O–H groups in total. The number of fused-ring (bicyclic) bond motifs is 1. The summed E-state index contributed by atoms with van der Waals surface area (Å²) in [4.78, 5) is 4.03. The molecule has 21 heavy (non-hydrogen) atoms. The molecule has 2 aromatic rings. The lowest BCUT2D eigenvalue weighted by molar-refractivity contribution is 0.426. The molecule has 0 bridgehead atoms. The summed E-state index contributed by atoms with van der Waals surface area (Å²) < 4.78 is 26.9. The van der Waals surface area contributed by atoms with Gasteiger partial charge in [-0.3, -0.25) is 0 Å². The molecule has 4 nitrogen and oxygen atoms in total. The average molecular weight is 323 g/mol. The summed E-state index contributed by atoms with van der Waals surface area (Å²) in [5.41, 5.74) is 2.45. The Balaban J connectivity index is 1.88. The second-order valence-electron chi connectivity index (χ2n) is 4.99. The number of hydrogen-bond donors (Lipinski definition) is 0. The van der Waals surface area contributed by atoms with Gasteiger partial charge in [-0.1, -0.05) is 35.9 Å². The summed E-state index contributed by atoms with van der Waals surface area (Å²) in [6.07, 6.45) is 2.88. The van der Waals surface area contributed by atoms with E-state index in [-0.39, 0.29) is 10.0 Å². The Hall–Kier alpha value is -1.43. The highest BCUT2D eigenvalue weighted by molar-refractivity contribution is 7.89. The fourth-order valence-corrected chi connectivity index (χ4v) is 4.28. The Morgan fingerprint density at radius 1 is 1.05 bits per heavy atom. The lowest BCUT2D eigenvalue weighted by atomic mass is 10.0. The number of nitrogens with zero attached hydrogens (tertiary/aromatic N) is 2. The van der Waals surface area contributed by atoms with E-state index in [9.17, 15) is 8.42 Å². The molecule has 0 unspecified atom stereocenters. The molecule has 1 aromatic heterocycles. The third kappa shape index (κ3) is 2.95. The molecule has 6 heteroatoms. The van der Waals surface area contributed by atoms with Crippen LogP contribution in [0.2, 0.25) is 5.15 Å². The van der Waals surface area contributed by atoms with Gasteiger partial charge in [0.1, 0.15) is 5.15 Å². The van der Waals surface area contributed by atoms with Gasteiger partial charge in [-0.25, -0.2) is 13.4 Å². The van der Waals surface area contributed by atoms with Crippen molar-refractivity contribution in [3.63, 3.8) is 0 Å². The van der Waals surface area contributed by atoms with Crippen LogP contribution in [-0.2, 0) is 22.9 Å². The number of aromatic nitrogens is 1. The van der Waals surface area contributed by atoms with Gasteiger partial charge in [0.2, 0.25) is 10.0 Å². The summed E-state index contributed by atoms with van der Waals surface area (Å²) in [6, 6.07) is 11.0. The van der Waals surface area contributed by atoms with Crippen LogP contribution in [0.4, 0.5) is 0 Å². The Labute approximate surface area is 129 Å². The van der Waals surface area contributed by atoms with Crippen molar-refractivity contribution in [2.75, 3.05) is 13.1 Å². The SMILES string of the molecule is O=S(=O)(c1ccnc(Cl)c1)N1CCc2ccccc2CC1. The van der Waals surface area contributed by atoms with Crippen LogP contribution in [-0.4, -0.2) is 30.8 Å². The number of rotatable bonds is 2. The van der Waals surface area contributed by atoms with E-state index in [2.05, 4.69) is 17.1 Å². The molecule has 0 spiro atoms. The van der Waals surface area contributed by atoms with Crippen LogP contribution in [0.15, 0.2) is 47.5 Å². The standard InChI is InChI=1S/C15H15ClN2O2S/c16-15-11-14(5-8-17-15)21(19,20)18-9-6-12-3-1-2-4-13(12)7-10-18/h1-5,8,11H,6-7,9-10H2. The molecule has 1 aliphatic heterocycles. The van der Waals surface area contributed by atoms with Gasteiger partial charge in [-0.2, -0.15) is 4.31 Å². The van der Waals surface area contributed by atoms with E-state index >= 15 is 0 Å². The number of benzene rings is 1. The average Bonchev–Trinajstić information content (AvgIpc) is 2.70. The van der Waals surface area contributed by atoms with Gasteiger partial charge in [0, 0.05) is 19.3 Å². The van der Waals surface area contributed by atoms with Crippen molar-refractivity contribution in [3.8, 4) is 0 Å². The van der Waals surface area contributed by atoms with Crippen LogP contribution in [0.5, 0.6) is 0 Å². The van der Waals surface area contributed by atoms with E-state index in [4.69, 9.17) is 11.6 Å². The van der Waals surface area contributed by atoms with Gasteiger partial charge in [0.25, 0.3) is 0 Å². The second-order valence-corrected chi connectivity index (χ2v) is 7.31. The molecule has 2 heterocycles. The molecule has 0 amide bonds. The Morgan fingerprint density at radius 2 is 1.67 bits per heavy atom. The monoisotopic (exact) mass is 322 g/mol. The van der Waals surface area contributed by atoms with Gasteiger partial charge in [-0.15, -0.1) is 0 Å². The minimum absolute atomic E-state index is 0.189. The fourth-order valence-electron chi connectivity index (χ4n) is 2.58. The van der Waals surface area contributed by atoms with Gasteiger partial charge in [0.05, 0.1) is 4.90 Å². The largest absolute Gasteiger partial charge is 0.244 e.